The number of benzene rings is 1. The van der Waals surface area contributed by atoms with Crippen molar-refractivity contribution in [3.05, 3.63) is 29.3 Å². The van der Waals surface area contributed by atoms with Crippen LogP contribution < -0.4 is 4.74 Å². The molecular formula is C16H21N4O2+. The summed E-state index contributed by atoms with van der Waals surface area (Å²) in [6.07, 6.45) is 0.922. The highest BCUT2D eigenvalue weighted by molar-refractivity contribution is 5.97. The Morgan fingerprint density at radius 3 is 2.45 bits per heavy atom. The van der Waals surface area contributed by atoms with E-state index in [4.69, 9.17) is 4.74 Å². The van der Waals surface area contributed by atoms with Gasteiger partial charge in [-0.05, 0) is 23.8 Å². The number of ketones is 1. The average Bonchev–Trinajstić information content (AvgIpc) is 2.92. The van der Waals surface area contributed by atoms with E-state index in [1.54, 1.807) is 0 Å². The maximum absolute atomic E-state index is 12.8. The van der Waals surface area contributed by atoms with Crippen LogP contribution in [-0.2, 0) is 6.42 Å². The highest BCUT2D eigenvalue weighted by atomic mass is 16.5. The number of fused-ring (bicyclic) bond motifs is 1. The summed E-state index contributed by atoms with van der Waals surface area (Å²) in [6.45, 7) is 7.53. The lowest BCUT2D eigenvalue weighted by Crippen LogP contribution is -2.79. The fourth-order valence-electron chi connectivity index (χ4n) is 4.56. The lowest BCUT2D eigenvalue weighted by atomic mass is 10.0. The van der Waals surface area contributed by atoms with Gasteiger partial charge in [-0.2, -0.15) is 0 Å². The fraction of sp³-hybridized carbons (Fsp3) is 0.562. The van der Waals surface area contributed by atoms with Gasteiger partial charge >= 0.3 is 0 Å². The molecular weight excluding hydrogens is 280 g/mol. The van der Waals surface area contributed by atoms with Crippen molar-refractivity contribution in [1.29, 1.82) is 0 Å². The van der Waals surface area contributed by atoms with Gasteiger partial charge in [-0.1, -0.05) is 0 Å². The van der Waals surface area contributed by atoms with Crippen LogP contribution in [0.5, 0.6) is 5.75 Å². The Morgan fingerprint density at radius 1 is 1.09 bits per heavy atom. The quantitative estimate of drug-likeness (QED) is 0.593. The maximum atomic E-state index is 12.8. The monoisotopic (exact) mass is 301 g/mol. The van der Waals surface area contributed by atoms with Gasteiger partial charge in [0, 0.05) is 12.0 Å². The van der Waals surface area contributed by atoms with Gasteiger partial charge in [0.05, 0.1) is 26.6 Å². The zero-order chi connectivity index (χ0) is 14.7. The van der Waals surface area contributed by atoms with Crippen molar-refractivity contribution in [1.82, 2.24) is 14.7 Å². The second kappa shape index (κ2) is 4.52. The summed E-state index contributed by atoms with van der Waals surface area (Å²) < 4.78 is 6.40. The minimum absolute atomic E-state index is 0.264. The van der Waals surface area contributed by atoms with Crippen LogP contribution in [0.25, 0.3) is 0 Å². The predicted octanol–water partition coefficient (Wildman–Crippen LogP) is 0.313. The van der Waals surface area contributed by atoms with Crippen molar-refractivity contribution in [2.75, 3.05) is 53.2 Å². The lowest BCUT2D eigenvalue weighted by Gasteiger charge is -2.60. The molecule has 4 fully saturated rings. The lowest BCUT2D eigenvalue weighted by molar-refractivity contribution is -0.973. The third-order valence-corrected chi connectivity index (χ3v) is 5.19. The molecule has 0 amide bonds. The number of nitrogens with zero attached hydrogens (tertiary/aromatic N) is 4. The van der Waals surface area contributed by atoms with Crippen LogP contribution in [0, 0.1) is 0 Å². The van der Waals surface area contributed by atoms with E-state index in [-0.39, 0.29) is 5.78 Å². The third kappa shape index (κ3) is 1.99. The summed E-state index contributed by atoms with van der Waals surface area (Å²) in [4.78, 5) is 20.2. The van der Waals surface area contributed by atoms with Crippen LogP contribution in [0.15, 0.2) is 18.2 Å². The molecule has 6 rings (SSSR count). The summed E-state index contributed by atoms with van der Waals surface area (Å²) in [6, 6.07) is 5.92. The van der Waals surface area contributed by atoms with E-state index >= 15 is 0 Å². The first kappa shape index (κ1) is 13.0. The summed E-state index contributed by atoms with van der Waals surface area (Å²) in [5, 5.41) is 0. The summed E-state index contributed by atoms with van der Waals surface area (Å²) in [5.41, 5.74) is 2.03. The Hall–Kier alpha value is -1.47. The minimum atomic E-state index is 0.264. The first-order chi connectivity index (χ1) is 10.7. The van der Waals surface area contributed by atoms with Gasteiger partial charge in [-0.3, -0.25) is 9.28 Å². The second-order valence-corrected chi connectivity index (χ2v) is 7.20. The average molecular weight is 301 g/mol. The zero-order valence-corrected chi connectivity index (χ0v) is 12.7. The van der Waals surface area contributed by atoms with Crippen LogP contribution in [-0.4, -0.2) is 78.1 Å². The number of hydrogen-bond acceptors (Lipinski definition) is 5. The van der Waals surface area contributed by atoms with Gasteiger partial charge < -0.3 is 4.74 Å². The van der Waals surface area contributed by atoms with E-state index in [1.165, 1.54) is 5.56 Å². The zero-order valence-electron chi connectivity index (χ0n) is 12.7. The van der Waals surface area contributed by atoms with Crippen molar-refractivity contribution in [3.8, 4) is 5.75 Å². The summed E-state index contributed by atoms with van der Waals surface area (Å²) >= 11 is 0. The number of Topliss-reactive ketones (excluding diaryl/α,β-unsaturated/α-hetero) is 1. The minimum Gasteiger partial charge on any atom is -0.493 e. The van der Waals surface area contributed by atoms with Gasteiger partial charge in [0.15, 0.2) is 0 Å². The first-order valence-corrected chi connectivity index (χ1v) is 8.00. The van der Waals surface area contributed by atoms with Gasteiger partial charge in [-0.25, -0.2) is 14.7 Å². The van der Waals surface area contributed by atoms with Crippen molar-refractivity contribution in [2.24, 2.45) is 0 Å². The highest BCUT2D eigenvalue weighted by Gasteiger charge is 2.49. The molecule has 0 N–H and O–H groups in total. The van der Waals surface area contributed by atoms with Gasteiger partial charge in [-0.15, -0.1) is 0 Å². The molecule has 0 atom stereocenters. The first-order valence-electron chi connectivity index (χ1n) is 8.00. The van der Waals surface area contributed by atoms with Crippen LogP contribution >= 0.6 is 0 Å². The molecule has 0 unspecified atom stereocenters. The molecule has 0 saturated carbocycles. The fourth-order valence-corrected chi connectivity index (χ4v) is 4.56. The van der Waals surface area contributed by atoms with E-state index in [0.717, 1.165) is 68.8 Å². The standard InChI is InChI=1S/C16H21N4O2/c21-15(13-1-2-16-14(5-13)3-4-22-16)6-20-10-17-7-18(11-20)9-19(8-17)12-20/h1-2,5H,3-4,6-12H2/q+1. The number of carbonyl (C=O) groups is 1. The van der Waals surface area contributed by atoms with Gasteiger partial charge in [0.2, 0.25) is 5.78 Å². The molecule has 0 aliphatic carbocycles. The Labute approximate surface area is 130 Å². The highest BCUT2D eigenvalue weighted by Crippen LogP contribution is 2.30. The van der Waals surface area contributed by atoms with Crippen LogP contribution in [0.4, 0.5) is 0 Å². The molecule has 6 heteroatoms. The Kier molecular flexibility index (Phi) is 2.67. The van der Waals surface area contributed by atoms with Crippen molar-refractivity contribution in [2.45, 2.75) is 6.42 Å². The second-order valence-electron chi connectivity index (χ2n) is 7.20. The van der Waals surface area contributed by atoms with E-state index in [1.807, 2.05) is 18.2 Å². The van der Waals surface area contributed by atoms with Crippen LogP contribution in [0.1, 0.15) is 15.9 Å². The molecule has 22 heavy (non-hydrogen) atoms. The van der Waals surface area contributed by atoms with Crippen molar-refractivity contribution >= 4 is 5.78 Å². The van der Waals surface area contributed by atoms with E-state index in [2.05, 4.69) is 14.7 Å². The van der Waals surface area contributed by atoms with E-state index < -0.39 is 0 Å². The number of ether oxygens (including phenoxy) is 1. The molecule has 5 heterocycles. The number of hydrogen-bond donors (Lipinski definition) is 0. The van der Waals surface area contributed by atoms with Crippen LogP contribution in [0.3, 0.4) is 0 Å². The molecule has 0 spiro atoms. The predicted molar refractivity (Wildman–Crippen MR) is 79.8 cm³/mol. The maximum Gasteiger partial charge on any atom is 0.217 e. The summed E-state index contributed by atoms with van der Waals surface area (Å²) in [7, 11) is 0. The Bertz CT molecular complexity index is 610. The van der Waals surface area contributed by atoms with Crippen molar-refractivity contribution < 1.29 is 14.0 Å². The van der Waals surface area contributed by atoms with E-state index in [9.17, 15) is 4.79 Å². The topological polar surface area (TPSA) is 36.0 Å². The Morgan fingerprint density at radius 2 is 1.77 bits per heavy atom. The molecule has 5 aliphatic heterocycles. The molecule has 4 saturated heterocycles. The number of quaternary nitrogens is 1. The summed E-state index contributed by atoms with van der Waals surface area (Å²) in [5.74, 6) is 1.21. The van der Waals surface area contributed by atoms with Crippen LogP contribution in [0.2, 0.25) is 0 Å². The molecule has 0 radical (unpaired) electrons. The normalized spacial score (nSPS) is 37.9. The van der Waals surface area contributed by atoms with Gasteiger partial charge in [0.1, 0.15) is 32.3 Å². The SMILES string of the molecule is O=C(C[N+]12CN3CN(CN(C3)C1)C2)c1ccc2c(c1)CCO2. The smallest absolute Gasteiger partial charge is 0.217 e. The number of rotatable bonds is 3. The number of carbonyl (C=O) groups excluding carboxylic acids is 1. The molecule has 4 bridgehead atoms. The van der Waals surface area contributed by atoms with Gasteiger partial charge in [0.25, 0.3) is 0 Å². The molecule has 5 aliphatic rings. The largest absolute Gasteiger partial charge is 0.493 e. The van der Waals surface area contributed by atoms with E-state index in [0.29, 0.717) is 6.54 Å². The third-order valence-electron chi connectivity index (χ3n) is 5.19. The molecule has 116 valence electrons. The molecule has 0 aromatic heterocycles. The molecule has 6 nitrogen and oxygen atoms in total. The Balaban J connectivity index is 1.38. The molecule has 1 aromatic carbocycles. The van der Waals surface area contributed by atoms with Crippen molar-refractivity contribution in [3.63, 3.8) is 0 Å². The molecule has 1 aromatic rings.